The van der Waals surface area contributed by atoms with Crippen LogP contribution in [0, 0.1) is 5.82 Å². The van der Waals surface area contributed by atoms with Gasteiger partial charge in [-0.2, -0.15) is 0 Å². The number of nitrogens with one attached hydrogen (secondary N) is 1. The quantitative estimate of drug-likeness (QED) is 0.379. The number of amides is 1. The van der Waals surface area contributed by atoms with Crippen LogP contribution in [0.15, 0.2) is 85.2 Å². The summed E-state index contributed by atoms with van der Waals surface area (Å²) in [5.41, 5.74) is 2.78. The van der Waals surface area contributed by atoms with Gasteiger partial charge in [-0.05, 0) is 48.0 Å². The zero-order chi connectivity index (χ0) is 23.8. The summed E-state index contributed by atoms with van der Waals surface area (Å²) in [5, 5.41) is 1.63. The summed E-state index contributed by atoms with van der Waals surface area (Å²) in [4.78, 5) is 23.3. The average Bonchev–Trinajstić information content (AvgIpc) is 3.29. The largest absolute Gasteiger partial charge is 0.486 e. The van der Waals surface area contributed by atoms with Gasteiger partial charge < -0.3 is 19.4 Å². The molecule has 5 aromatic rings. The van der Waals surface area contributed by atoms with Crippen molar-refractivity contribution in [2.75, 3.05) is 13.2 Å². The number of pyridine rings is 1. The van der Waals surface area contributed by atoms with Crippen LogP contribution < -0.4 is 9.47 Å². The number of carbonyl (C=O) groups excluding carboxylic acids is 1. The molecule has 3 heterocycles. The highest BCUT2D eigenvalue weighted by molar-refractivity contribution is 6.05. The van der Waals surface area contributed by atoms with Gasteiger partial charge in [0.1, 0.15) is 12.4 Å². The molecule has 0 spiro atoms. The maximum atomic E-state index is 14.0. The highest BCUT2D eigenvalue weighted by atomic mass is 19.1. The Morgan fingerprint density at radius 2 is 1.91 bits per heavy atom. The summed E-state index contributed by atoms with van der Waals surface area (Å²) in [5.74, 6) is 0.835. The maximum Gasteiger partial charge on any atom is 0.256 e. The van der Waals surface area contributed by atoms with Gasteiger partial charge in [0, 0.05) is 35.2 Å². The van der Waals surface area contributed by atoms with Crippen LogP contribution in [-0.4, -0.2) is 40.0 Å². The minimum Gasteiger partial charge on any atom is -0.486 e. The standard InChI is InChI=1S/C28H22FN3O3/c29-20-10-11-24-23(13-20)19(14-31-24)15-32(16-21-17-34-25-8-1-2-9-26(25)35-21)28(33)22-7-3-5-18-6-4-12-30-27(18)22/h1-14,21,31H,15-17H2. The van der Waals surface area contributed by atoms with Crippen LogP contribution in [-0.2, 0) is 6.54 Å². The van der Waals surface area contributed by atoms with Gasteiger partial charge in [0.15, 0.2) is 17.6 Å². The molecule has 6 rings (SSSR count). The molecule has 1 aliphatic heterocycles. The third-order valence-electron chi connectivity index (χ3n) is 6.23. The molecule has 0 aliphatic carbocycles. The first-order valence-electron chi connectivity index (χ1n) is 11.4. The predicted octanol–water partition coefficient (Wildman–Crippen LogP) is 5.34. The lowest BCUT2D eigenvalue weighted by molar-refractivity contribution is 0.0446. The normalized spacial score (nSPS) is 14.8. The fourth-order valence-electron chi connectivity index (χ4n) is 4.55. The van der Waals surface area contributed by atoms with E-state index in [1.165, 1.54) is 12.1 Å². The molecule has 6 nitrogen and oxygen atoms in total. The smallest absolute Gasteiger partial charge is 0.256 e. The zero-order valence-corrected chi connectivity index (χ0v) is 18.8. The van der Waals surface area contributed by atoms with Crippen LogP contribution >= 0.6 is 0 Å². The molecule has 0 fully saturated rings. The molecular weight excluding hydrogens is 445 g/mol. The van der Waals surface area contributed by atoms with Crippen molar-refractivity contribution in [1.29, 1.82) is 0 Å². The van der Waals surface area contributed by atoms with Crippen molar-refractivity contribution in [1.82, 2.24) is 14.9 Å². The van der Waals surface area contributed by atoms with Crippen molar-refractivity contribution < 1.29 is 18.7 Å². The van der Waals surface area contributed by atoms with Crippen LogP contribution in [0.5, 0.6) is 11.5 Å². The second-order valence-electron chi connectivity index (χ2n) is 8.57. The number of H-pyrrole nitrogens is 1. The fraction of sp³-hybridized carbons (Fsp3) is 0.143. The molecule has 0 saturated carbocycles. The third-order valence-corrected chi connectivity index (χ3v) is 6.23. The van der Waals surface area contributed by atoms with Gasteiger partial charge in [0.25, 0.3) is 5.91 Å². The van der Waals surface area contributed by atoms with Crippen molar-refractivity contribution in [3.8, 4) is 11.5 Å². The number of ether oxygens (including phenoxy) is 2. The van der Waals surface area contributed by atoms with Crippen LogP contribution in [0.3, 0.4) is 0 Å². The molecule has 7 heteroatoms. The van der Waals surface area contributed by atoms with E-state index >= 15 is 0 Å². The number of benzene rings is 3. The lowest BCUT2D eigenvalue weighted by Gasteiger charge is -2.31. The van der Waals surface area contributed by atoms with Gasteiger partial charge in [-0.25, -0.2) is 4.39 Å². The van der Waals surface area contributed by atoms with Gasteiger partial charge in [-0.3, -0.25) is 9.78 Å². The van der Waals surface area contributed by atoms with Gasteiger partial charge in [0.05, 0.1) is 17.6 Å². The van der Waals surface area contributed by atoms with Crippen molar-refractivity contribution in [2.24, 2.45) is 0 Å². The van der Waals surface area contributed by atoms with E-state index in [0.717, 1.165) is 21.9 Å². The minimum absolute atomic E-state index is 0.178. The molecule has 174 valence electrons. The van der Waals surface area contributed by atoms with E-state index in [1.54, 1.807) is 23.2 Å². The monoisotopic (exact) mass is 467 g/mol. The third kappa shape index (κ3) is 4.05. The Hall–Kier alpha value is -4.39. The summed E-state index contributed by atoms with van der Waals surface area (Å²) in [6.45, 7) is 0.877. The molecule has 0 saturated heterocycles. The second kappa shape index (κ2) is 8.76. The number of fused-ring (bicyclic) bond motifs is 3. The van der Waals surface area contributed by atoms with E-state index in [4.69, 9.17) is 9.47 Å². The molecule has 2 aromatic heterocycles. The number of carbonyl (C=O) groups is 1. The molecule has 1 N–H and O–H groups in total. The topological polar surface area (TPSA) is 67.5 Å². The first-order chi connectivity index (χ1) is 17.2. The van der Waals surface area contributed by atoms with Crippen LogP contribution in [0.4, 0.5) is 4.39 Å². The molecule has 0 radical (unpaired) electrons. The van der Waals surface area contributed by atoms with Gasteiger partial charge in [-0.15, -0.1) is 0 Å². The molecule has 1 aliphatic rings. The van der Waals surface area contributed by atoms with Crippen molar-refractivity contribution in [3.05, 3.63) is 102 Å². The number of nitrogens with zero attached hydrogens (tertiary/aromatic N) is 2. The SMILES string of the molecule is O=C(c1cccc2cccnc12)N(Cc1c[nH]c2ccc(F)cc12)CC1COc2ccccc2O1. The summed E-state index contributed by atoms with van der Waals surface area (Å²) < 4.78 is 26.0. The molecular formula is C28H22FN3O3. The second-order valence-corrected chi connectivity index (χ2v) is 8.57. The highest BCUT2D eigenvalue weighted by Gasteiger charge is 2.28. The number of hydrogen-bond donors (Lipinski definition) is 1. The van der Waals surface area contributed by atoms with Crippen molar-refractivity contribution in [2.45, 2.75) is 12.6 Å². The molecule has 3 aromatic carbocycles. The Kier molecular flexibility index (Phi) is 5.29. The molecule has 1 atom stereocenters. The van der Waals surface area contributed by atoms with E-state index in [0.29, 0.717) is 35.7 Å². The fourth-order valence-corrected chi connectivity index (χ4v) is 4.55. The van der Waals surface area contributed by atoms with Crippen molar-refractivity contribution in [3.63, 3.8) is 0 Å². The first kappa shape index (κ1) is 21.2. The number of halogens is 1. The molecule has 1 amide bonds. The zero-order valence-electron chi connectivity index (χ0n) is 18.8. The van der Waals surface area contributed by atoms with Gasteiger partial charge in [0.2, 0.25) is 0 Å². The van der Waals surface area contributed by atoms with Crippen LogP contribution in [0.25, 0.3) is 21.8 Å². The summed E-state index contributed by atoms with van der Waals surface area (Å²) >= 11 is 0. The first-order valence-corrected chi connectivity index (χ1v) is 11.4. The number of para-hydroxylation sites is 3. The lowest BCUT2D eigenvalue weighted by Crippen LogP contribution is -2.43. The molecule has 35 heavy (non-hydrogen) atoms. The Balaban J connectivity index is 1.36. The maximum absolute atomic E-state index is 14.0. The number of aromatic nitrogens is 2. The summed E-state index contributed by atoms with van der Waals surface area (Å²) in [6, 6.07) is 21.4. The van der Waals surface area contributed by atoms with Gasteiger partial charge in [-0.1, -0.05) is 30.3 Å². The number of aromatic amines is 1. The molecule has 1 unspecified atom stereocenters. The van der Waals surface area contributed by atoms with Crippen molar-refractivity contribution >= 4 is 27.7 Å². The summed E-state index contributed by atoms with van der Waals surface area (Å²) in [6.07, 6.45) is 3.14. The predicted molar refractivity (Wildman–Crippen MR) is 131 cm³/mol. The number of rotatable bonds is 5. The van der Waals surface area contributed by atoms with Crippen LogP contribution in [0.2, 0.25) is 0 Å². The number of hydrogen-bond acceptors (Lipinski definition) is 4. The average molecular weight is 468 g/mol. The van der Waals surface area contributed by atoms with Gasteiger partial charge >= 0.3 is 0 Å². The van der Waals surface area contributed by atoms with Crippen LogP contribution in [0.1, 0.15) is 15.9 Å². The Morgan fingerprint density at radius 1 is 1.06 bits per heavy atom. The van der Waals surface area contributed by atoms with E-state index in [1.807, 2.05) is 54.7 Å². The minimum atomic E-state index is -0.362. The summed E-state index contributed by atoms with van der Waals surface area (Å²) in [7, 11) is 0. The van der Waals surface area contributed by atoms with E-state index < -0.39 is 0 Å². The Bertz CT molecular complexity index is 1540. The highest BCUT2D eigenvalue weighted by Crippen LogP contribution is 2.32. The Labute approximate surface area is 200 Å². The Morgan fingerprint density at radius 3 is 2.83 bits per heavy atom. The van der Waals surface area contributed by atoms with E-state index in [2.05, 4.69) is 9.97 Å². The van der Waals surface area contributed by atoms with E-state index in [-0.39, 0.29) is 24.4 Å². The van der Waals surface area contributed by atoms with E-state index in [9.17, 15) is 9.18 Å². The lowest BCUT2D eigenvalue weighted by atomic mass is 10.1. The molecule has 0 bridgehead atoms.